The van der Waals surface area contributed by atoms with Crippen LogP contribution in [0.25, 0.3) is 5.69 Å². The Morgan fingerprint density at radius 2 is 2.13 bits per heavy atom. The lowest BCUT2D eigenvalue weighted by Crippen LogP contribution is -2.19. The maximum absolute atomic E-state index is 12.9. The van der Waals surface area contributed by atoms with Crippen LogP contribution < -0.4 is 5.56 Å². The van der Waals surface area contributed by atoms with Crippen LogP contribution in [0.3, 0.4) is 0 Å². The molecule has 1 aromatic carbocycles. The largest absolute Gasteiger partial charge is 0.272 e. The van der Waals surface area contributed by atoms with Gasteiger partial charge in [-0.05, 0) is 18.2 Å². The van der Waals surface area contributed by atoms with Crippen molar-refractivity contribution in [2.75, 3.05) is 0 Å². The Morgan fingerprint density at radius 1 is 1.33 bits per heavy atom. The quantitative estimate of drug-likeness (QED) is 0.743. The lowest BCUT2D eigenvalue weighted by molar-refractivity contribution is 0.624. The Morgan fingerprint density at radius 3 is 2.80 bits per heavy atom. The molecule has 0 bridgehead atoms. The number of halogens is 2. The molecule has 1 heterocycles. The van der Waals surface area contributed by atoms with Gasteiger partial charge >= 0.3 is 0 Å². The van der Waals surface area contributed by atoms with Crippen molar-refractivity contribution in [2.45, 2.75) is 0 Å². The van der Waals surface area contributed by atoms with E-state index in [0.29, 0.717) is 5.69 Å². The summed E-state index contributed by atoms with van der Waals surface area (Å²) in [7, 11) is 0. The standard InChI is InChI=1S/C10H6ClFN2O/c11-7-4-10(15)14(13-6-7)9-3-1-2-8(12)5-9/h1-6H. The van der Waals surface area contributed by atoms with Gasteiger partial charge < -0.3 is 0 Å². The number of nitrogens with zero attached hydrogens (tertiary/aromatic N) is 2. The number of hydrogen-bond acceptors (Lipinski definition) is 2. The van der Waals surface area contributed by atoms with Crippen molar-refractivity contribution in [3.05, 3.63) is 57.7 Å². The highest BCUT2D eigenvalue weighted by molar-refractivity contribution is 6.30. The van der Waals surface area contributed by atoms with E-state index in [0.717, 1.165) is 4.68 Å². The molecular weight excluding hydrogens is 219 g/mol. The van der Waals surface area contributed by atoms with E-state index < -0.39 is 11.4 Å². The van der Waals surface area contributed by atoms with Crippen LogP contribution in [0.15, 0.2) is 41.3 Å². The SMILES string of the molecule is O=c1cc(Cl)cnn1-c1cccc(F)c1. The van der Waals surface area contributed by atoms with Crippen LogP contribution >= 0.6 is 11.6 Å². The van der Waals surface area contributed by atoms with E-state index in [1.54, 1.807) is 6.07 Å². The highest BCUT2D eigenvalue weighted by Crippen LogP contribution is 2.07. The summed E-state index contributed by atoms with van der Waals surface area (Å²) in [6.07, 6.45) is 1.33. The van der Waals surface area contributed by atoms with E-state index in [4.69, 9.17) is 11.6 Å². The van der Waals surface area contributed by atoms with Crippen LogP contribution in [-0.4, -0.2) is 9.78 Å². The Kier molecular flexibility index (Phi) is 2.51. The van der Waals surface area contributed by atoms with Gasteiger partial charge in [-0.25, -0.2) is 4.39 Å². The zero-order valence-electron chi connectivity index (χ0n) is 7.52. The summed E-state index contributed by atoms with van der Waals surface area (Å²) in [5, 5.41) is 4.05. The van der Waals surface area contributed by atoms with E-state index in [1.165, 1.54) is 30.5 Å². The van der Waals surface area contributed by atoms with Crippen molar-refractivity contribution in [3.63, 3.8) is 0 Å². The fourth-order valence-corrected chi connectivity index (χ4v) is 1.32. The van der Waals surface area contributed by atoms with Crippen LogP contribution in [-0.2, 0) is 0 Å². The van der Waals surface area contributed by atoms with Crippen LogP contribution in [0.5, 0.6) is 0 Å². The Hall–Kier alpha value is -1.68. The van der Waals surface area contributed by atoms with Gasteiger partial charge in [-0.1, -0.05) is 17.7 Å². The third kappa shape index (κ3) is 2.05. The summed E-state index contributed by atoms with van der Waals surface area (Å²) in [5.41, 5.74) is -0.0234. The second-order valence-electron chi connectivity index (χ2n) is 2.90. The van der Waals surface area contributed by atoms with Gasteiger partial charge in [0.05, 0.1) is 16.9 Å². The normalized spacial score (nSPS) is 10.3. The van der Waals surface area contributed by atoms with Crippen molar-refractivity contribution in [1.29, 1.82) is 0 Å². The Balaban J connectivity index is 2.59. The van der Waals surface area contributed by atoms with Crippen molar-refractivity contribution in [2.24, 2.45) is 0 Å². The highest BCUT2D eigenvalue weighted by Gasteiger charge is 2.02. The molecule has 15 heavy (non-hydrogen) atoms. The van der Waals surface area contributed by atoms with Gasteiger partial charge in [0.2, 0.25) is 0 Å². The Labute approximate surface area is 89.7 Å². The first-order valence-electron chi connectivity index (χ1n) is 4.17. The summed E-state index contributed by atoms with van der Waals surface area (Å²) in [5.74, 6) is -0.420. The summed E-state index contributed by atoms with van der Waals surface area (Å²) < 4.78 is 14.0. The molecule has 2 aromatic rings. The zero-order chi connectivity index (χ0) is 10.8. The van der Waals surface area contributed by atoms with Gasteiger partial charge in [0, 0.05) is 6.07 Å². The number of hydrogen-bond donors (Lipinski definition) is 0. The van der Waals surface area contributed by atoms with Crippen LogP contribution in [0, 0.1) is 5.82 Å². The van der Waals surface area contributed by atoms with Crippen molar-refractivity contribution in [3.8, 4) is 5.69 Å². The van der Waals surface area contributed by atoms with E-state index in [9.17, 15) is 9.18 Å². The van der Waals surface area contributed by atoms with E-state index in [2.05, 4.69) is 5.10 Å². The maximum Gasteiger partial charge on any atom is 0.272 e. The van der Waals surface area contributed by atoms with Crippen LogP contribution in [0.1, 0.15) is 0 Å². The van der Waals surface area contributed by atoms with Crippen molar-refractivity contribution < 1.29 is 4.39 Å². The molecule has 2 rings (SSSR count). The molecule has 0 atom stereocenters. The molecule has 0 spiro atoms. The highest BCUT2D eigenvalue weighted by atomic mass is 35.5. The summed E-state index contributed by atoms with van der Waals surface area (Å²) in [6, 6.07) is 6.84. The lowest BCUT2D eigenvalue weighted by Gasteiger charge is -2.03. The van der Waals surface area contributed by atoms with Crippen LogP contribution in [0.4, 0.5) is 4.39 Å². The number of aromatic nitrogens is 2. The molecule has 0 unspecified atom stereocenters. The van der Waals surface area contributed by atoms with Gasteiger partial charge in [0.1, 0.15) is 5.82 Å². The van der Waals surface area contributed by atoms with Gasteiger partial charge in [-0.2, -0.15) is 9.78 Å². The third-order valence-corrected chi connectivity index (χ3v) is 2.03. The van der Waals surface area contributed by atoms with E-state index in [1.807, 2.05) is 0 Å². The zero-order valence-corrected chi connectivity index (χ0v) is 8.28. The summed E-state index contributed by atoms with van der Waals surface area (Å²) in [4.78, 5) is 11.4. The molecule has 0 aliphatic heterocycles. The van der Waals surface area contributed by atoms with Crippen molar-refractivity contribution >= 4 is 11.6 Å². The minimum atomic E-state index is -0.420. The van der Waals surface area contributed by atoms with Gasteiger partial charge in [-0.3, -0.25) is 4.79 Å². The van der Waals surface area contributed by atoms with Gasteiger partial charge in [0.15, 0.2) is 0 Å². The first-order chi connectivity index (χ1) is 7.16. The fraction of sp³-hybridized carbons (Fsp3) is 0. The smallest absolute Gasteiger partial charge is 0.267 e. The summed E-state index contributed by atoms with van der Waals surface area (Å²) >= 11 is 5.59. The first kappa shape index (κ1) is 9.86. The average Bonchev–Trinajstić information content (AvgIpc) is 2.17. The summed E-state index contributed by atoms with van der Waals surface area (Å²) in [6.45, 7) is 0. The molecule has 1 aromatic heterocycles. The second kappa shape index (κ2) is 3.82. The molecular formula is C10H6ClFN2O. The maximum atomic E-state index is 12.9. The molecule has 0 fully saturated rings. The first-order valence-corrected chi connectivity index (χ1v) is 4.55. The second-order valence-corrected chi connectivity index (χ2v) is 3.34. The van der Waals surface area contributed by atoms with Crippen molar-refractivity contribution in [1.82, 2.24) is 9.78 Å². The number of benzene rings is 1. The lowest BCUT2D eigenvalue weighted by atomic mass is 10.3. The molecule has 0 aliphatic rings. The fourth-order valence-electron chi connectivity index (χ4n) is 1.19. The van der Waals surface area contributed by atoms with Gasteiger partial charge in [-0.15, -0.1) is 0 Å². The molecule has 0 amide bonds. The van der Waals surface area contributed by atoms with E-state index >= 15 is 0 Å². The molecule has 0 N–H and O–H groups in total. The molecule has 76 valence electrons. The molecule has 0 saturated heterocycles. The third-order valence-electron chi connectivity index (χ3n) is 1.82. The molecule has 0 aliphatic carbocycles. The molecule has 0 radical (unpaired) electrons. The molecule has 5 heteroatoms. The minimum absolute atomic E-state index is 0.257. The predicted octanol–water partition coefficient (Wildman–Crippen LogP) is 2.02. The predicted molar refractivity (Wildman–Crippen MR) is 54.8 cm³/mol. The van der Waals surface area contributed by atoms with Gasteiger partial charge in [0.25, 0.3) is 5.56 Å². The molecule has 0 saturated carbocycles. The monoisotopic (exact) mass is 224 g/mol. The van der Waals surface area contributed by atoms with E-state index in [-0.39, 0.29) is 5.02 Å². The minimum Gasteiger partial charge on any atom is -0.267 e. The topological polar surface area (TPSA) is 34.9 Å². The average molecular weight is 225 g/mol. The Bertz CT molecular complexity index is 553. The number of rotatable bonds is 1. The molecule has 3 nitrogen and oxygen atoms in total. The van der Waals surface area contributed by atoms with Crippen LogP contribution in [0.2, 0.25) is 5.02 Å².